The van der Waals surface area contributed by atoms with E-state index >= 15 is 0 Å². The molecule has 1 saturated heterocycles. The molecule has 19 heavy (non-hydrogen) atoms. The number of nitrogens with zero attached hydrogens (tertiary/aromatic N) is 1. The van der Waals surface area contributed by atoms with Crippen molar-refractivity contribution in [3.05, 3.63) is 28.8 Å². The average Bonchev–Trinajstić information content (AvgIpc) is 2.46. The van der Waals surface area contributed by atoms with Crippen molar-refractivity contribution in [2.75, 3.05) is 31.6 Å². The van der Waals surface area contributed by atoms with E-state index in [4.69, 9.17) is 21.6 Å². The van der Waals surface area contributed by atoms with E-state index in [2.05, 4.69) is 16.7 Å². The van der Waals surface area contributed by atoms with Gasteiger partial charge >= 0.3 is 0 Å². The normalized spacial score (nSPS) is 16.0. The van der Waals surface area contributed by atoms with Crippen LogP contribution in [-0.2, 0) is 4.74 Å². The van der Waals surface area contributed by atoms with Gasteiger partial charge in [-0.1, -0.05) is 11.6 Å². The number of benzene rings is 1. The van der Waals surface area contributed by atoms with Crippen LogP contribution in [0.2, 0.25) is 5.02 Å². The highest BCUT2D eigenvalue weighted by Gasteiger charge is 2.12. The van der Waals surface area contributed by atoms with Crippen LogP contribution in [0, 0.1) is 11.3 Å². The molecule has 1 aromatic rings. The van der Waals surface area contributed by atoms with Crippen LogP contribution in [0.1, 0.15) is 18.4 Å². The van der Waals surface area contributed by atoms with E-state index in [0.29, 0.717) is 29.8 Å². The van der Waals surface area contributed by atoms with Crippen molar-refractivity contribution in [2.45, 2.75) is 18.9 Å². The second-order valence-corrected chi connectivity index (χ2v) is 4.99. The molecular weight excluding hydrogens is 262 g/mol. The Morgan fingerprint density at radius 3 is 2.95 bits per heavy atom. The third-order valence-corrected chi connectivity index (χ3v) is 3.39. The van der Waals surface area contributed by atoms with Gasteiger partial charge in [0.2, 0.25) is 0 Å². The summed E-state index contributed by atoms with van der Waals surface area (Å²) in [5.41, 5.74) is 1.37. The molecule has 0 aliphatic carbocycles. The zero-order chi connectivity index (χ0) is 13.5. The van der Waals surface area contributed by atoms with E-state index in [9.17, 15) is 0 Å². The highest BCUT2D eigenvalue weighted by molar-refractivity contribution is 6.30. The Bertz CT molecular complexity index is 452. The summed E-state index contributed by atoms with van der Waals surface area (Å²) in [5.74, 6) is 0. The van der Waals surface area contributed by atoms with Crippen molar-refractivity contribution in [1.82, 2.24) is 5.32 Å². The van der Waals surface area contributed by atoms with Crippen molar-refractivity contribution in [1.29, 1.82) is 5.26 Å². The SMILES string of the molecule is N#Cc1cc(Cl)ccc1NCCOC1CCNCC1. The number of halogens is 1. The molecule has 1 aliphatic rings. The number of rotatable bonds is 5. The quantitative estimate of drug-likeness (QED) is 0.813. The fourth-order valence-electron chi connectivity index (χ4n) is 2.14. The number of hydrogen-bond donors (Lipinski definition) is 2. The molecule has 0 radical (unpaired) electrons. The fraction of sp³-hybridized carbons (Fsp3) is 0.500. The first kappa shape index (κ1) is 14.1. The van der Waals surface area contributed by atoms with Gasteiger partial charge in [-0.05, 0) is 44.1 Å². The molecule has 0 spiro atoms. The molecule has 0 atom stereocenters. The van der Waals surface area contributed by atoms with Gasteiger partial charge in [0.1, 0.15) is 6.07 Å². The molecule has 1 aliphatic heterocycles. The summed E-state index contributed by atoms with van der Waals surface area (Å²) in [6.07, 6.45) is 2.51. The van der Waals surface area contributed by atoms with Crippen LogP contribution in [0.4, 0.5) is 5.69 Å². The zero-order valence-electron chi connectivity index (χ0n) is 10.8. The molecule has 0 amide bonds. The summed E-state index contributed by atoms with van der Waals surface area (Å²) in [5, 5.41) is 16.1. The van der Waals surface area contributed by atoms with E-state index in [1.54, 1.807) is 12.1 Å². The van der Waals surface area contributed by atoms with E-state index in [-0.39, 0.29) is 0 Å². The van der Waals surface area contributed by atoms with Gasteiger partial charge in [0.05, 0.1) is 24.0 Å². The fourth-order valence-corrected chi connectivity index (χ4v) is 2.31. The molecule has 102 valence electrons. The van der Waals surface area contributed by atoms with Crippen LogP contribution in [0.25, 0.3) is 0 Å². The highest BCUT2D eigenvalue weighted by atomic mass is 35.5. The summed E-state index contributed by atoms with van der Waals surface area (Å²) >= 11 is 5.85. The van der Waals surface area contributed by atoms with Crippen LogP contribution in [0.3, 0.4) is 0 Å². The summed E-state index contributed by atoms with van der Waals surface area (Å²) in [4.78, 5) is 0. The van der Waals surface area contributed by atoms with Crippen LogP contribution in [-0.4, -0.2) is 32.3 Å². The Balaban J connectivity index is 1.75. The molecule has 1 aromatic carbocycles. The Morgan fingerprint density at radius 1 is 1.42 bits per heavy atom. The maximum absolute atomic E-state index is 9.02. The first-order valence-electron chi connectivity index (χ1n) is 6.55. The average molecular weight is 280 g/mol. The molecule has 0 unspecified atom stereocenters. The lowest BCUT2D eigenvalue weighted by Crippen LogP contribution is -2.33. The molecule has 5 heteroatoms. The predicted molar refractivity (Wildman–Crippen MR) is 76.5 cm³/mol. The second-order valence-electron chi connectivity index (χ2n) is 4.55. The van der Waals surface area contributed by atoms with E-state index in [0.717, 1.165) is 31.6 Å². The molecule has 2 rings (SSSR count). The summed E-state index contributed by atoms with van der Waals surface area (Å²) in [6, 6.07) is 7.40. The molecule has 4 nitrogen and oxygen atoms in total. The van der Waals surface area contributed by atoms with Gasteiger partial charge in [-0.15, -0.1) is 0 Å². The van der Waals surface area contributed by atoms with Crippen LogP contribution in [0.15, 0.2) is 18.2 Å². The summed E-state index contributed by atoms with van der Waals surface area (Å²) < 4.78 is 5.79. The van der Waals surface area contributed by atoms with Crippen molar-refractivity contribution in [3.8, 4) is 6.07 Å². The Kier molecular flexibility index (Phi) is 5.46. The molecule has 0 aromatic heterocycles. The summed E-state index contributed by atoms with van der Waals surface area (Å²) in [6.45, 7) is 3.42. The van der Waals surface area contributed by atoms with Gasteiger partial charge in [-0.2, -0.15) is 5.26 Å². The van der Waals surface area contributed by atoms with Crippen molar-refractivity contribution >= 4 is 17.3 Å². The van der Waals surface area contributed by atoms with E-state index in [1.165, 1.54) is 0 Å². The number of nitriles is 1. The van der Waals surface area contributed by atoms with Gasteiger partial charge in [-0.3, -0.25) is 0 Å². The first-order valence-corrected chi connectivity index (χ1v) is 6.93. The van der Waals surface area contributed by atoms with Crippen molar-refractivity contribution < 1.29 is 4.74 Å². The Morgan fingerprint density at radius 2 is 2.21 bits per heavy atom. The van der Waals surface area contributed by atoms with Crippen LogP contribution >= 0.6 is 11.6 Å². The van der Waals surface area contributed by atoms with Gasteiger partial charge in [0, 0.05) is 11.6 Å². The van der Waals surface area contributed by atoms with Gasteiger partial charge in [0.15, 0.2) is 0 Å². The number of piperidine rings is 1. The van der Waals surface area contributed by atoms with Crippen LogP contribution in [0.5, 0.6) is 0 Å². The maximum Gasteiger partial charge on any atom is 0.101 e. The molecule has 2 N–H and O–H groups in total. The molecule has 1 heterocycles. The standard InChI is InChI=1S/C14H18ClN3O/c15-12-1-2-14(11(9-12)10-16)18-7-8-19-13-3-5-17-6-4-13/h1-2,9,13,17-18H,3-8H2. The highest BCUT2D eigenvalue weighted by Crippen LogP contribution is 2.19. The monoisotopic (exact) mass is 279 g/mol. The lowest BCUT2D eigenvalue weighted by Gasteiger charge is -2.23. The minimum Gasteiger partial charge on any atom is -0.382 e. The largest absolute Gasteiger partial charge is 0.382 e. The van der Waals surface area contributed by atoms with Crippen molar-refractivity contribution in [3.63, 3.8) is 0 Å². The lowest BCUT2D eigenvalue weighted by molar-refractivity contribution is 0.0394. The molecule has 0 bridgehead atoms. The van der Waals surface area contributed by atoms with E-state index in [1.807, 2.05) is 6.07 Å². The predicted octanol–water partition coefficient (Wildman–Crippen LogP) is 2.39. The van der Waals surface area contributed by atoms with E-state index < -0.39 is 0 Å². The second kappa shape index (κ2) is 7.34. The van der Waals surface area contributed by atoms with Gasteiger partial charge < -0.3 is 15.4 Å². The number of hydrogen-bond acceptors (Lipinski definition) is 4. The minimum atomic E-state index is 0.365. The Labute approximate surface area is 118 Å². The number of ether oxygens (including phenoxy) is 1. The number of anilines is 1. The van der Waals surface area contributed by atoms with Crippen LogP contribution < -0.4 is 10.6 Å². The summed E-state index contributed by atoms with van der Waals surface area (Å²) in [7, 11) is 0. The third-order valence-electron chi connectivity index (χ3n) is 3.16. The molecule has 1 fully saturated rings. The minimum absolute atomic E-state index is 0.365. The molecular formula is C14H18ClN3O. The van der Waals surface area contributed by atoms with Crippen molar-refractivity contribution in [2.24, 2.45) is 0 Å². The lowest BCUT2D eigenvalue weighted by atomic mass is 10.1. The van der Waals surface area contributed by atoms with Gasteiger partial charge in [0.25, 0.3) is 0 Å². The number of nitrogens with one attached hydrogen (secondary N) is 2. The topological polar surface area (TPSA) is 57.1 Å². The third kappa shape index (κ3) is 4.39. The first-order chi connectivity index (χ1) is 9.29. The molecule has 0 saturated carbocycles. The van der Waals surface area contributed by atoms with Gasteiger partial charge in [-0.25, -0.2) is 0 Å². The Hall–Kier alpha value is -1.28. The maximum atomic E-state index is 9.02. The smallest absolute Gasteiger partial charge is 0.101 e. The zero-order valence-corrected chi connectivity index (χ0v) is 11.5.